The van der Waals surface area contributed by atoms with Crippen LogP contribution in [0.2, 0.25) is 5.02 Å². The molecule has 0 radical (unpaired) electrons. The van der Waals surface area contributed by atoms with Crippen molar-refractivity contribution in [2.24, 2.45) is 15.7 Å². The number of nitrogens with two attached hydrogens (primary N) is 1. The number of halogens is 1. The predicted molar refractivity (Wildman–Crippen MR) is 115 cm³/mol. The van der Waals surface area contributed by atoms with E-state index in [1.807, 2.05) is 31.2 Å². The lowest BCUT2D eigenvalue weighted by Crippen LogP contribution is -2.32. The summed E-state index contributed by atoms with van der Waals surface area (Å²) in [6.07, 6.45) is -0.123. The van der Waals surface area contributed by atoms with Crippen molar-refractivity contribution in [1.29, 1.82) is 0 Å². The summed E-state index contributed by atoms with van der Waals surface area (Å²) in [7, 11) is 0. The Hall–Kier alpha value is -3.39. The Morgan fingerprint density at radius 1 is 1.24 bits per heavy atom. The predicted octanol–water partition coefficient (Wildman–Crippen LogP) is 2.57. The van der Waals surface area contributed by atoms with Gasteiger partial charge in [-0.3, -0.25) is 14.9 Å². The summed E-state index contributed by atoms with van der Waals surface area (Å²) in [6, 6.07) is 11.9. The maximum atomic E-state index is 12.3. The van der Waals surface area contributed by atoms with E-state index in [1.54, 1.807) is 25.1 Å². The molecule has 150 valence electrons. The molecule has 8 nitrogen and oxygen atoms in total. The van der Waals surface area contributed by atoms with Crippen LogP contribution in [0, 0.1) is 13.8 Å². The van der Waals surface area contributed by atoms with Gasteiger partial charge in [-0.15, -0.1) is 0 Å². The van der Waals surface area contributed by atoms with E-state index in [4.69, 9.17) is 17.3 Å². The van der Waals surface area contributed by atoms with Gasteiger partial charge < -0.3 is 16.4 Å². The third-order valence-corrected chi connectivity index (χ3v) is 4.66. The molecule has 2 amide bonds. The third-order valence-electron chi connectivity index (χ3n) is 4.25. The molecule has 5 N–H and O–H groups in total. The van der Waals surface area contributed by atoms with Crippen LogP contribution >= 0.6 is 11.6 Å². The monoisotopic (exact) mass is 412 g/mol. The van der Waals surface area contributed by atoms with Gasteiger partial charge in [0.05, 0.1) is 6.42 Å². The van der Waals surface area contributed by atoms with Gasteiger partial charge in [-0.2, -0.15) is 4.99 Å². The zero-order chi connectivity index (χ0) is 21.0. The summed E-state index contributed by atoms with van der Waals surface area (Å²) in [5, 5.41) is 8.75. The van der Waals surface area contributed by atoms with Gasteiger partial charge in [0.15, 0.2) is 0 Å². The zero-order valence-corrected chi connectivity index (χ0v) is 16.7. The first-order valence-electron chi connectivity index (χ1n) is 8.93. The van der Waals surface area contributed by atoms with E-state index in [-0.39, 0.29) is 24.2 Å². The highest BCUT2D eigenvalue weighted by Crippen LogP contribution is 2.23. The second kappa shape index (κ2) is 8.74. The lowest BCUT2D eigenvalue weighted by Gasteiger charge is -2.10. The normalized spacial score (nSPS) is 16.2. The van der Waals surface area contributed by atoms with Crippen molar-refractivity contribution in [1.82, 2.24) is 5.32 Å². The molecule has 9 heteroatoms. The number of amides is 2. The Morgan fingerprint density at radius 3 is 2.76 bits per heavy atom. The quantitative estimate of drug-likeness (QED) is 0.455. The number of guanidine groups is 2. The van der Waals surface area contributed by atoms with Crippen LogP contribution in [-0.2, 0) is 9.59 Å². The van der Waals surface area contributed by atoms with Gasteiger partial charge in [0, 0.05) is 16.4 Å². The van der Waals surface area contributed by atoms with Crippen LogP contribution in [0.5, 0.6) is 0 Å². The standard InChI is InChI=1S/C20H21ClN6O2/c1-11-5-3-6-13(9-11)23-19(22)27-20-25-16(18(29)26-20)10-17(28)24-15-8-4-7-14(21)12(15)2/h3-9,16H,10H2,1-2H3,(H,24,28)(H4,22,23,25,26,27,29). The van der Waals surface area contributed by atoms with Crippen molar-refractivity contribution >= 4 is 46.7 Å². The van der Waals surface area contributed by atoms with Crippen LogP contribution in [0.1, 0.15) is 17.5 Å². The van der Waals surface area contributed by atoms with Crippen LogP contribution in [0.25, 0.3) is 0 Å². The van der Waals surface area contributed by atoms with Gasteiger partial charge >= 0.3 is 0 Å². The van der Waals surface area contributed by atoms with Crippen molar-refractivity contribution in [2.45, 2.75) is 26.3 Å². The second-order valence-corrected chi connectivity index (χ2v) is 7.02. The molecule has 0 fully saturated rings. The molecule has 29 heavy (non-hydrogen) atoms. The molecule has 1 aliphatic rings. The van der Waals surface area contributed by atoms with Crippen LogP contribution < -0.4 is 21.7 Å². The maximum absolute atomic E-state index is 12.3. The first-order valence-corrected chi connectivity index (χ1v) is 9.31. The summed E-state index contributed by atoms with van der Waals surface area (Å²) in [5.41, 5.74) is 9.05. The number of nitrogens with zero attached hydrogens (tertiary/aromatic N) is 2. The number of rotatable bonds is 4. The van der Waals surface area contributed by atoms with Crippen molar-refractivity contribution in [2.75, 3.05) is 10.6 Å². The van der Waals surface area contributed by atoms with Crippen molar-refractivity contribution in [3.8, 4) is 0 Å². The Morgan fingerprint density at radius 2 is 2.00 bits per heavy atom. The van der Waals surface area contributed by atoms with E-state index in [0.717, 1.165) is 16.8 Å². The van der Waals surface area contributed by atoms with Gasteiger partial charge in [-0.25, -0.2) is 4.99 Å². The molecule has 0 aromatic heterocycles. The van der Waals surface area contributed by atoms with Gasteiger partial charge in [-0.05, 0) is 49.2 Å². The number of benzene rings is 2. The van der Waals surface area contributed by atoms with Crippen molar-refractivity contribution in [3.63, 3.8) is 0 Å². The number of nitrogens with one attached hydrogen (secondary N) is 3. The minimum Gasteiger partial charge on any atom is -0.369 e. The molecular weight excluding hydrogens is 392 g/mol. The topological polar surface area (TPSA) is 121 Å². The van der Waals surface area contributed by atoms with E-state index in [2.05, 4.69) is 25.9 Å². The number of aryl methyl sites for hydroxylation is 1. The van der Waals surface area contributed by atoms with E-state index in [1.165, 1.54) is 0 Å². The molecular formula is C20H21ClN6O2. The van der Waals surface area contributed by atoms with E-state index < -0.39 is 11.9 Å². The number of anilines is 2. The maximum Gasteiger partial charge on any atom is 0.252 e. The Balaban J connectivity index is 1.63. The summed E-state index contributed by atoms with van der Waals surface area (Å²) in [6.45, 7) is 3.76. The largest absolute Gasteiger partial charge is 0.369 e. The Bertz CT molecular complexity index is 1020. The minimum absolute atomic E-state index is 0.0596. The SMILES string of the molecule is Cc1cccc(N/C(N)=N/C2=NC(CC(=O)Nc3cccc(Cl)c3C)C(=O)N2)c1. The van der Waals surface area contributed by atoms with Gasteiger partial charge in [0.2, 0.25) is 17.8 Å². The van der Waals surface area contributed by atoms with Crippen molar-refractivity contribution in [3.05, 3.63) is 58.6 Å². The molecule has 0 saturated carbocycles. The van der Waals surface area contributed by atoms with Crippen LogP contribution in [-0.4, -0.2) is 29.8 Å². The second-order valence-electron chi connectivity index (χ2n) is 6.61. The van der Waals surface area contributed by atoms with Gasteiger partial charge in [0.25, 0.3) is 5.91 Å². The Labute approximate surface area is 173 Å². The molecule has 2 aromatic rings. The molecule has 1 unspecified atom stereocenters. The fourth-order valence-corrected chi connectivity index (χ4v) is 2.93. The van der Waals surface area contributed by atoms with Gasteiger partial charge in [0.1, 0.15) is 6.04 Å². The first kappa shape index (κ1) is 20.3. The summed E-state index contributed by atoms with van der Waals surface area (Å²) in [4.78, 5) is 32.6. The number of hydrogen-bond donors (Lipinski definition) is 4. The average molecular weight is 413 g/mol. The minimum atomic E-state index is -0.875. The van der Waals surface area contributed by atoms with Crippen molar-refractivity contribution < 1.29 is 9.59 Å². The number of carbonyl (C=O) groups excluding carboxylic acids is 2. The number of hydrogen-bond acceptors (Lipinski definition) is 4. The lowest BCUT2D eigenvalue weighted by molar-refractivity contribution is -0.123. The molecule has 0 aliphatic carbocycles. The number of carbonyl (C=O) groups is 2. The zero-order valence-electron chi connectivity index (χ0n) is 16.0. The highest BCUT2D eigenvalue weighted by molar-refractivity contribution is 6.31. The van der Waals surface area contributed by atoms with Gasteiger partial charge in [-0.1, -0.05) is 29.8 Å². The summed E-state index contributed by atoms with van der Waals surface area (Å²) in [5.74, 6) is -0.626. The Kier molecular flexibility index (Phi) is 6.13. The molecule has 1 atom stereocenters. The molecule has 0 bridgehead atoms. The molecule has 1 heterocycles. The highest BCUT2D eigenvalue weighted by atomic mass is 35.5. The average Bonchev–Trinajstić information content (AvgIpc) is 2.97. The molecule has 0 spiro atoms. The highest BCUT2D eigenvalue weighted by Gasteiger charge is 2.28. The summed E-state index contributed by atoms with van der Waals surface area (Å²) < 4.78 is 0. The molecule has 0 saturated heterocycles. The lowest BCUT2D eigenvalue weighted by atomic mass is 10.1. The van der Waals surface area contributed by atoms with E-state index >= 15 is 0 Å². The molecule has 1 aliphatic heterocycles. The summed E-state index contributed by atoms with van der Waals surface area (Å²) >= 11 is 6.06. The van der Waals surface area contributed by atoms with Crippen LogP contribution in [0.15, 0.2) is 52.4 Å². The fraction of sp³-hybridized carbons (Fsp3) is 0.200. The van der Waals surface area contributed by atoms with E-state index in [0.29, 0.717) is 10.7 Å². The molecule has 3 rings (SSSR count). The first-order chi connectivity index (χ1) is 13.8. The third kappa shape index (κ3) is 5.32. The fourth-order valence-electron chi connectivity index (χ4n) is 2.76. The van der Waals surface area contributed by atoms with E-state index in [9.17, 15) is 9.59 Å². The van der Waals surface area contributed by atoms with Crippen LogP contribution in [0.3, 0.4) is 0 Å². The number of aliphatic imine (C=N–C) groups is 2. The smallest absolute Gasteiger partial charge is 0.252 e. The molecule has 2 aromatic carbocycles. The van der Waals surface area contributed by atoms with Crippen LogP contribution in [0.4, 0.5) is 11.4 Å².